The topological polar surface area (TPSA) is 46.3 Å². The Labute approximate surface area is 84.0 Å². The lowest BCUT2D eigenvalue weighted by Crippen LogP contribution is -2.39. The maximum Gasteiger partial charge on any atom is 0.224 e. The van der Waals surface area contributed by atoms with E-state index in [9.17, 15) is 4.79 Å². The number of carbonyl (C=O) groups excluding carboxylic acids is 1. The Balaban J connectivity index is 2.36. The summed E-state index contributed by atoms with van der Waals surface area (Å²) in [6, 6.07) is 0.417. The Bertz CT molecular complexity index is 178. The molecule has 76 valence electrons. The van der Waals surface area contributed by atoms with Crippen molar-refractivity contribution in [3.63, 3.8) is 0 Å². The van der Waals surface area contributed by atoms with Crippen molar-refractivity contribution in [2.24, 2.45) is 5.73 Å². The summed E-state index contributed by atoms with van der Waals surface area (Å²) in [7, 11) is 1.89. The van der Waals surface area contributed by atoms with Crippen molar-refractivity contribution < 1.29 is 4.79 Å². The van der Waals surface area contributed by atoms with Crippen molar-refractivity contribution in [2.45, 2.75) is 31.8 Å². The molecule has 0 spiro atoms. The van der Waals surface area contributed by atoms with Crippen molar-refractivity contribution in [1.82, 2.24) is 4.90 Å². The summed E-state index contributed by atoms with van der Waals surface area (Å²) >= 11 is 1.92. The fourth-order valence-corrected chi connectivity index (χ4v) is 2.72. The van der Waals surface area contributed by atoms with Gasteiger partial charge in [-0.2, -0.15) is 11.8 Å². The molecule has 0 bridgehead atoms. The molecule has 1 fully saturated rings. The van der Waals surface area contributed by atoms with Gasteiger partial charge in [0.2, 0.25) is 5.91 Å². The first-order valence-electron chi connectivity index (χ1n) is 4.70. The highest BCUT2D eigenvalue weighted by molar-refractivity contribution is 7.99. The van der Waals surface area contributed by atoms with Gasteiger partial charge in [-0.15, -0.1) is 0 Å². The number of rotatable bonds is 3. The van der Waals surface area contributed by atoms with Crippen molar-refractivity contribution in [1.29, 1.82) is 0 Å². The van der Waals surface area contributed by atoms with Crippen LogP contribution in [0, 0.1) is 0 Å². The van der Waals surface area contributed by atoms with Gasteiger partial charge in [-0.05, 0) is 19.1 Å². The van der Waals surface area contributed by atoms with E-state index in [-0.39, 0.29) is 11.9 Å². The van der Waals surface area contributed by atoms with Crippen LogP contribution in [0.25, 0.3) is 0 Å². The molecule has 13 heavy (non-hydrogen) atoms. The Kier molecular flexibility index (Phi) is 4.06. The lowest BCUT2D eigenvalue weighted by atomic mass is 10.2. The number of hydrogen-bond acceptors (Lipinski definition) is 3. The van der Waals surface area contributed by atoms with Crippen molar-refractivity contribution in [3.05, 3.63) is 0 Å². The third-order valence-corrected chi connectivity index (χ3v) is 3.49. The average Bonchev–Trinajstić information content (AvgIpc) is 2.53. The van der Waals surface area contributed by atoms with Gasteiger partial charge in [-0.3, -0.25) is 4.79 Å². The highest BCUT2D eigenvalue weighted by Crippen LogP contribution is 2.21. The highest BCUT2D eigenvalue weighted by atomic mass is 32.2. The molecule has 1 aliphatic heterocycles. The van der Waals surface area contributed by atoms with E-state index in [4.69, 9.17) is 5.73 Å². The second kappa shape index (κ2) is 4.86. The van der Waals surface area contributed by atoms with E-state index in [1.165, 1.54) is 5.75 Å². The summed E-state index contributed by atoms with van der Waals surface area (Å²) in [5.74, 6) is 2.45. The van der Waals surface area contributed by atoms with Crippen LogP contribution < -0.4 is 5.73 Å². The lowest BCUT2D eigenvalue weighted by Gasteiger charge is -2.24. The van der Waals surface area contributed by atoms with Gasteiger partial charge < -0.3 is 10.6 Å². The molecular formula is C9H18N2OS. The van der Waals surface area contributed by atoms with Crippen LogP contribution >= 0.6 is 11.8 Å². The van der Waals surface area contributed by atoms with Crippen LogP contribution in [0.2, 0.25) is 0 Å². The Hall–Kier alpha value is -0.220. The van der Waals surface area contributed by atoms with Gasteiger partial charge in [0.15, 0.2) is 0 Å². The molecule has 2 unspecified atom stereocenters. The van der Waals surface area contributed by atoms with Crippen LogP contribution in [-0.4, -0.2) is 41.4 Å². The van der Waals surface area contributed by atoms with Crippen LogP contribution in [0.15, 0.2) is 0 Å². The molecule has 0 saturated carbocycles. The largest absolute Gasteiger partial charge is 0.342 e. The van der Waals surface area contributed by atoms with E-state index in [2.05, 4.69) is 0 Å². The zero-order chi connectivity index (χ0) is 9.84. The van der Waals surface area contributed by atoms with Gasteiger partial charge in [0.25, 0.3) is 0 Å². The Morgan fingerprint density at radius 1 is 1.77 bits per heavy atom. The normalized spacial score (nSPS) is 24.4. The minimum atomic E-state index is -0.0241. The van der Waals surface area contributed by atoms with Crippen molar-refractivity contribution >= 4 is 17.7 Å². The van der Waals surface area contributed by atoms with Crippen molar-refractivity contribution in [3.8, 4) is 0 Å². The second-order valence-electron chi connectivity index (χ2n) is 3.70. The quantitative estimate of drug-likeness (QED) is 0.732. The smallest absolute Gasteiger partial charge is 0.224 e. The number of nitrogens with zero attached hydrogens (tertiary/aromatic N) is 1. The van der Waals surface area contributed by atoms with Gasteiger partial charge in [0.05, 0.1) is 0 Å². The zero-order valence-electron chi connectivity index (χ0n) is 8.32. The maximum atomic E-state index is 11.6. The fraction of sp³-hybridized carbons (Fsp3) is 0.889. The van der Waals surface area contributed by atoms with Gasteiger partial charge in [-0.1, -0.05) is 0 Å². The molecule has 4 heteroatoms. The molecule has 0 radical (unpaired) electrons. The standard InChI is InChI=1S/C9H18N2OS/c1-7(10)5-9(12)11(2)8-3-4-13-6-8/h7-8H,3-6,10H2,1-2H3. The summed E-state index contributed by atoms with van der Waals surface area (Å²) < 4.78 is 0. The molecule has 1 saturated heterocycles. The maximum absolute atomic E-state index is 11.6. The van der Waals surface area contributed by atoms with Crippen LogP contribution in [0.5, 0.6) is 0 Å². The molecule has 0 aromatic rings. The van der Waals surface area contributed by atoms with Crippen LogP contribution in [0.4, 0.5) is 0 Å². The number of carbonyl (C=O) groups is 1. The summed E-state index contributed by atoms with van der Waals surface area (Å²) in [6.45, 7) is 1.87. The van der Waals surface area contributed by atoms with Gasteiger partial charge in [-0.25, -0.2) is 0 Å². The van der Waals surface area contributed by atoms with E-state index in [1.807, 2.05) is 30.6 Å². The minimum absolute atomic E-state index is 0.0241. The van der Waals surface area contributed by atoms with E-state index >= 15 is 0 Å². The molecule has 1 rings (SSSR count). The SMILES string of the molecule is CC(N)CC(=O)N(C)C1CCSC1. The molecule has 2 N–H and O–H groups in total. The number of amides is 1. The number of thioether (sulfide) groups is 1. The van der Waals surface area contributed by atoms with Gasteiger partial charge in [0, 0.05) is 31.3 Å². The molecule has 0 aliphatic carbocycles. The predicted octanol–water partition coefficient (Wildman–Crippen LogP) is 0.688. The van der Waals surface area contributed by atoms with Crippen LogP contribution in [0.1, 0.15) is 19.8 Å². The highest BCUT2D eigenvalue weighted by Gasteiger charge is 2.23. The molecular weight excluding hydrogens is 184 g/mol. The molecule has 0 aromatic heterocycles. The van der Waals surface area contributed by atoms with Crippen molar-refractivity contribution in [2.75, 3.05) is 18.6 Å². The summed E-state index contributed by atoms with van der Waals surface area (Å²) in [5, 5.41) is 0. The van der Waals surface area contributed by atoms with Crippen LogP contribution in [-0.2, 0) is 4.79 Å². The van der Waals surface area contributed by atoms with E-state index < -0.39 is 0 Å². The number of hydrogen-bond donors (Lipinski definition) is 1. The van der Waals surface area contributed by atoms with Crippen LogP contribution in [0.3, 0.4) is 0 Å². The minimum Gasteiger partial charge on any atom is -0.342 e. The monoisotopic (exact) mass is 202 g/mol. The van der Waals surface area contributed by atoms with Gasteiger partial charge in [0.1, 0.15) is 0 Å². The first-order valence-corrected chi connectivity index (χ1v) is 5.85. The van der Waals surface area contributed by atoms with E-state index in [0.29, 0.717) is 12.5 Å². The number of nitrogens with two attached hydrogens (primary N) is 1. The second-order valence-corrected chi connectivity index (χ2v) is 4.85. The summed E-state index contributed by atoms with van der Waals surface area (Å²) in [5.41, 5.74) is 5.58. The summed E-state index contributed by atoms with van der Waals surface area (Å²) in [4.78, 5) is 13.4. The molecule has 0 aromatic carbocycles. The Morgan fingerprint density at radius 3 is 2.92 bits per heavy atom. The molecule has 3 nitrogen and oxygen atoms in total. The molecule has 1 heterocycles. The average molecular weight is 202 g/mol. The van der Waals surface area contributed by atoms with Gasteiger partial charge >= 0.3 is 0 Å². The van der Waals surface area contributed by atoms with E-state index in [0.717, 1.165) is 12.2 Å². The first kappa shape index (κ1) is 10.9. The lowest BCUT2D eigenvalue weighted by molar-refractivity contribution is -0.131. The third kappa shape index (κ3) is 3.19. The Morgan fingerprint density at radius 2 is 2.46 bits per heavy atom. The predicted molar refractivity (Wildman–Crippen MR) is 56.8 cm³/mol. The first-order chi connectivity index (χ1) is 6.11. The molecule has 1 aliphatic rings. The zero-order valence-corrected chi connectivity index (χ0v) is 9.14. The fourth-order valence-electron chi connectivity index (χ4n) is 1.45. The molecule has 1 amide bonds. The summed E-state index contributed by atoms with van der Waals surface area (Å²) in [6.07, 6.45) is 1.60. The third-order valence-electron chi connectivity index (χ3n) is 2.34. The molecule has 2 atom stereocenters. The van der Waals surface area contributed by atoms with E-state index in [1.54, 1.807) is 0 Å².